The molecule has 3 rings (SSSR count). The summed E-state index contributed by atoms with van der Waals surface area (Å²) in [6.45, 7) is 6.27. The Labute approximate surface area is 156 Å². The third-order valence-electron chi connectivity index (χ3n) is 5.46. The summed E-state index contributed by atoms with van der Waals surface area (Å²) >= 11 is 0. The summed E-state index contributed by atoms with van der Waals surface area (Å²) in [4.78, 5) is 18.0. The van der Waals surface area contributed by atoms with Crippen molar-refractivity contribution < 1.29 is 4.79 Å². The molecule has 1 aromatic heterocycles. The van der Waals surface area contributed by atoms with E-state index >= 15 is 0 Å². The van der Waals surface area contributed by atoms with Gasteiger partial charge in [-0.25, -0.2) is 0 Å². The predicted octanol–water partition coefficient (Wildman–Crippen LogP) is 3.74. The van der Waals surface area contributed by atoms with E-state index in [0.29, 0.717) is 12.3 Å². The largest absolute Gasteiger partial charge is 0.361 e. The van der Waals surface area contributed by atoms with Crippen molar-refractivity contribution in [2.75, 3.05) is 13.1 Å². The van der Waals surface area contributed by atoms with Crippen LogP contribution in [0.4, 0.5) is 0 Å². The molecule has 2 heterocycles. The predicted molar refractivity (Wildman–Crippen MR) is 106 cm³/mol. The van der Waals surface area contributed by atoms with Crippen molar-refractivity contribution in [2.45, 2.75) is 45.6 Å². The molecule has 1 unspecified atom stereocenters. The smallest absolute Gasteiger partial charge is 0.239 e. The number of halogens is 1. The van der Waals surface area contributed by atoms with Crippen molar-refractivity contribution >= 4 is 29.2 Å². The average Bonchev–Trinajstić information content (AvgIpc) is 2.82. The van der Waals surface area contributed by atoms with Crippen LogP contribution < -0.4 is 5.73 Å². The van der Waals surface area contributed by atoms with Gasteiger partial charge in [-0.3, -0.25) is 4.79 Å². The fourth-order valence-electron chi connectivity index (χ4n) is 3.87. The second kappa shape index (κ2) is 8.72. The van der Waals surface area contributed by atoms with Gasteiger partial charge in [0.25, 0.3) is 0 Å². The van der Waals surface area contributed by atoms with Gasteiger partial charge >= 0.3 is 0 Å². The number of aromatic amines is 1. The molecule has 3 N–H and O–H groups in total. The number of amides is 1. The monoisotopic (exact) mass is 363 g/mol. The van der Waals surface area contributed by atoms with Gasteiger partial charge in [0.2, 0.25) is 5.91 Å². The number of nitrogens with two attached hydrogens (primary N) is 1. The maximum Gasteiger partial charge on any atom is 0.239 e. The van der Waals surface area contributed by atoms with E-state index in [1.54, 1.807) is 0 Å². The van der Waals surface area contributed by atoms with Crippen molar-refractivity contribution in [3.8, 4) is 0 Å². The highest BCUT2D eigenvalue weighted by atomic mass is 35.5. The van der Waals surface area contributed by atoms with Gasteiger partial charge in [-0.15, -0.1) is 12.4 Å². The number of benzene rings is 1. The van der Waals surface area contributed by atoms with E-state index in [-0.39, 0.29) is 18.3 Å². The van der Waals surface area contributed by atoms with Crippen LogP contribution in [0, 0.1) is 11.8 Å². The summed E-state index contributed by atoms with van der Waals surface area (Å²) in [5.74, 6) is 1.53. The van der Waals surface area contributed by atoms with E-state index in [1.807, 2.05) is 29.3 Å². The Morgan fingerprint density at radius 3 is 2.80 bits per heavy atom. The lowest BCUT2D eigenvalue weighted by atomic mass is 9.89. The number of nitrogens with zero attached hydrogens (tertiary/aromatic N) is 1. The van der Waals surface area contributed by atoms with Crippen molar-refractivity contribution in [2.24, 2.45) is 17.6 Å². The molecule has 4 nitrogen and oxygen atoms in total. The van der Waals surface area contributed by atoms with E-state index in [2.05, 4.69) is 24.9 Å². The second-order valence-corrected chi connectivity index (χ2v) is 7.43. The molecule has 1 fully saturated rings. The number of H-pyrrole nitrogens is 1. The maximum absolute atomic E-state index is 12.8. The van der Waals surface area contributed by atoms with E-state index in [4.69, 9.17) is 5.73 Å². The van der Waals surface area contributed by atoms with Crippen molar-refractivity contribution in [3.63, 3.8) is 0 Å². The molecule has 0 saturated carbocycles. The Balaban J connectivity index is 0.00000225. The molecule has 0 aliphatic carbocycles. The summed E-state index contributed by atoms with van der Waals surface area (Å²) in [5, 5.41) is 1.16. The van der Waals surface area contributed by atoms with Gasteiger partial charge in [-0.05, 0) is 49.1 Å². The molecule has 0 spiro atoms. The number of hydrogen-bond acceptors (Lipinski definition) is 2. The fraction of sp³-hybridized carbons (Fsp3) is 0.550. The Kier molecular flexibility index (Phi) is 6.91. The maximum atomic E-state index is 12.8. The number of rotatable bonds is 4. The van der Waals surface area contributed by atoms with Crippen LogP contribution in [0.3, 0.4) is 0 Å². The number of carbonyl (C=O) groups is 1. The van der Waals surface area contributed by atoms with Crippen LogP contribution in [0.2, 0.25) is 0 Å². The minimum absolute atomic E-state index is 0. The molecular weight excluding hydrogens is 334 g/mol. The van der Waals surface area contributed by atoms with E-state index in [0.717, 1.165) is 48.3 Å². The molecular formula is C20H30ClN3O. The molecule has 1 saturated heterocycles. The highest BCUT2D eigenvalue weighted by Crippen LogP contribution is 2.25. The van der Waals surface area contributed by atoms with Crippen LogP contribution in [0.1, 0.15) is 38.7 Å². The molecule has 5 heteroatoms. The van der Waals surface area contributed by atoms with Crippen LogP contribution in [-0.2, 0) is 11.2 Å². The van der Waals surface area contributed by atoms with Crippen LogP contribution >= 0.6 is 12.4 Å². The van der Waals surface area contributed by atoms with Gasteiger partial charge in [0, 0.05) is 30.2 Å². The fourth-order valence-corrected chi connectivity index (χ4v) is 3.87. The third kappa shape index (κ3) is 4.56. The summed E-state index contributed by atoms with van der Waals surface area (Å²) < 4.78 is 0. The van der Waals surface area contributed by atoms with Crippen molar-refractivity contribution in [1.82, 2.24) is 9.88 Å². The summed E-state index contributed by atoms with van der Waals surface area (Å²) in [6, 6.07) is 7.70. The molecule has 1 aromatic carbocycles. The lowest BCUT2D eigenvalue weighted by molar-refractivity contribution is -0.132. The molecule has 0 radical (unpaired) electrons. The zero-order chi connectivity index (χ0) is 17.1. The molecule has 138 valence electrons. The van der Waals surface area contributed by atoms with Crippen LogP contribution in [0.5, 0.6) is 0 Å². The minimum atomic E-state index is -0.459. The molecule has 1 amide bonds. The lowest BCUT2D eigenvalue weighted by Crippen LogP contribution is -2.45. The molecule has 25 heavy (non-hydrogen) atoms. The van der Waals surface area contributed by atoms with Gasteiger partial charge < -0.3 is 15.6 Å². The number of hydrogen-bond donors (Lipinski definition) is 2. The first-order chi connectivity index (χ1) is 11.6. The number of likely N-dealkylation sites (tertiary alicyclic amines) is 1. The molecule has 2 aromatic rings. The highest BCUT2D eigenvalue weighted by molar-refractivity contribution is 5.86. The van der Waals surface area contributed by atoms with Crippen LogP contribution in [0.25, 0.3) is 10.9 Å². The first-order valence-electron chi connectivity index (χ1n) is 9.15. The van der Waals surface area contributed by atoms with E-state index in [9.17, 15) is 4.79 Å². The summed E-state index contributed by atoms with van der Waals surface area (Å²) in [7, 11) is 0. The highest BCUT2D eigenvalue weighted by Gasteiger charge is 2.26. The van der Waals surface area contributed by atoms with Crippen LogP contribution in [-0.4, -0.2) is 34.9 Å². The number of aromatic nitrogens is 1. The number of carbonyl (C=O) groups excluding carboxylic acids is 1. The topological polar surface area (TPSA) is 62.1 Å². The molecule has 2 atom stereocenters. The first kappa shape index (κ1) is 19.8. The second-order valence-electron chi connectivity index (χ2n) is 7.43. The van der Waals surface area contributed by atoms with Gasteiger partial charge in [-0.1, -0.05) is 32.0 Å². The van der Waals surface area contributed by atoms with Gasteiger partial charge in [0.05, 0.1) is 6.04 Å². The third-order valence-corrected chi connectivity index (χ3v) is 5.46. The van der Waals surface area contributed by atoms with E-state index < -0.39 is 6.04 Å². The lowest BCUT2D eigenvalue weighted by Gasteiger charge is -2.24. The quantitative estimate of drug-likeness (QED) is 0.869. The Morgan fingerprint density at radius 2 is 2.04 bits per heavy atom. The Morgan fingerprint density at radius 1 is 1.28 bits per heavy atom. The minimum Gasteiger partial charge on any atom is -0.361 e. The first-order valence-corrected chi connectivity index (χ1v) is 9.15. The Bertz CT molecular complexity index is 697. The summed E-state index contributed by atoms with van der Waals surface area (Å²) in [5.41, 5.74) is 8.50. The molecule has 0 bridgehead atoms. The molecule has 1 aliphatic rings. The summed E-state index contributed by atoms with van der Waals surface area (Å²) in [6.07, 6.45) is 5.98. The molecule has 1 aliphatic heterocycles. The van der Waals surface area contributed by atoms with Gasteiger partial charge in [-0.2, -0.15) is 0 Å². The van der Waals surface area contributed by atoms with E-state index in [1.165, 1.54) is 6.42 Å². The Hall–Kier alpha value is -1.52. The zero-order valence-electron chi connectivity index (χ0n) is 15.2. The average molecular weight is 364 g/mol. The van der Waals surface area contributed by atoms with Gasteiger partial charge in [0.15, 0.2) is 0 Å². The van der Waals surface area contributed by atoms with Crippen molar-refractivity contribution in [1.29, 1.82) is 0 Å². The van der Waals surface area contributed by atoms with Gasteiger partial charge in [0.1, 0.15) is 0 Å². The number of fused-ring (bicyclic) bond motifs is 1. The standard InChI is InChI=1S/C20H29N3O.ClH/c1-14(2)15-6-5-10-23(11-9-15)20(24)18(21)12-16-13-22-19-8-4-3-7-17(16)19;/h3-4,7-8,13-15,18,22H,5-6,9-12,21H2,1-2H3;1H/t15?,18-;/m0./s1. The van der Waals surface area contributed by atoms with Crippen molar-refractivity contribution in [3.05, 3.63) is 36.0 Å². The van der Waals surface area contributed by atoms with Crippen LogP contribution in [0.15, 0.2) is 30.5 Å². The number of para-hydroxylation sites is 1. The normalized spacial score (nSPS) is 19.5. The SMILES string of the molecule is CC(C)C1CCCN(C(=O)[C@@H](N)Cc2c[nH]c3ccccc23)CC1.Cl. The zero-order valence-corrected chi connectivity index (χ0v) is 16.0. The number of nitrogens with one attached hydrogen (secondary N) is 1.